The van der Waals surface area contributed by atoms with Crippen LogP contribution in [-0.4, -0.2) is 57.8 Å². The van der Waals surface area contributed by atoms with Crippen LogP contribution in [0.3, 0.4) is 0 Å². The molecule has 5 rings (SSSR count). The van der Waals surface area contributed by atoms with Crippen LogP contribution in [0.4, 0.5) is 5.69 Å². The number of hydrogen-bond acceptors (Lipinski definition) is 5. The molecule has 33 heavy (non-hydrogen) atoms. The van der Waals surface area contributed by atoms with Gasteiger partial charge >= 0.3 is 0 Å². The Morgan fingerprint density at radius 1 is 1.06 bits per heavy atom. The molecule has 2 aliphatic rings. The zero-order valence-electron chi connectivity index (χ0n) is 18.1. The summed E-state index contributed by atoms with van der Waals surface area (Å²) in [5, 5.41) is 8.43. The van der Waals surface area contributed by atoms with Crippen LogP contribution in [0.25, 0.3) is 11.0 Å². The van der Waals surface area contributed by atoms with E-state index in [-0.39, 0.29) is 30.2 Å². The summed E-state index contributed by atoms with van der Waals surface area (Å²) in [6.07, 6.45) is 1.55. The van der Waals surface area contributed by atoms with E-state index in [0.717, 1.165) is 49.3 Å². The van der Waals surface area contributed by atoms with Crippen molar-refractivity contribution in [3.05, 3.63) is 59.9 Å². The van der Waals surface area contributed by atoms with Crippen LogP contribution in [0.1, 0.15) is 35.4 Å². The van der Waals surface area contributed by atoms with Crippen LogP contribution in [0.15, 0.2) is 48.5 Å². The van der Waals surface area contributed by atoms with Gasteiger partial charge in [-0.1, -0.05) is 24.3 Å². The lowest BCUT2D eigenvalue weighted by Gasteiger charge is -2.32. The largest absolute Gasteiger partial charge is 0.353 e. The number of para-hydroxylation sites is 3. The molecule has 2 aliphatic heterocycles. The summed E-state index contributed by atoms with van der Waals surface area (Å²) in [5.41, 5.74) is 2.85. The van der Waals surface area contributed by atoms with Gasteiger partial charge in [-0.05, 0) is 37.1 Å². The molecule has 0 bridgehead atoms. The van der Waals surface area contributed by atoms with E-state index in [4.69, 9.17) is 0 Å². The molecule has 4 N–H and O–H groups in total. The Morgan fingerprint density at radius 3 is 2.64 bits per heavy atom. The number of amides is 3. The van der Waals surface area contributed by atoms with Crippen molar-refractivity contribution in [2.75, 3.05) is 18.4 Å². The van der Waals surface area contributed by atoms with Gasteiger partial charge in [0.25, 0.3) is 5.91 Å². The number of anilines is 1. The molecule has 0 radical (unpaired) electrons. The normalized spacial score (nSPS) is 19.5. The molecule has 0 saturated carbocycles. The van der Waals surface area contributed by atoms with E-state index >= 15 is 0 Å². The summed E-state index contributed by atoms with van der Waals surface area (Å²) in [6.45, 7) is 2.43. The first-order chi connectivity index (χ1) is 16.0. The van der Waals surface area contributed by atoms with Gasteiger partial charge in [0, 0.05) is 19.1 Å². The highest BCUT2D eigenvalue weighted by Crippen LogP contribution is 2.19. The second kappa shape index (κ2) is 9.03. The minimum absolute atomic E-state index is 0.0474. The molecule has 2 aromatic carbocycles. The summed E-state index contributed by atoms with van der Waals surface area (Å²) < 4.78 is 0. The van der Waals surface area contributed by atoms with Crippen molar-refractivity contribution >= 4 is 34.4 Å². The number of likely N-dealkylation sites (tertiary alicyclic amines) is 1. The molecule has 9 heteroatoms. The lowest BCUT2D eigenvalue weighted by molar-refractivity contribution is -0.126. The highest BCUT2D eigenvalue weighted by Gasteiger charge is 2.30. The van der Waals surface area contributed by atoms with Gasteiger partial charge in [-0.2, -0.15) is 0 Å². The average molecular weight is 447 g/mol. The lowest BCUT2D eigenvalue weighted by atomic mass is 10.0. The van der Waals surface area contributed by atoms with Crippen LogP contribution >= 0.6 is 0 Å². The van der Waals surface area contributed by atoms with Crippen LogP contribution in [0.2, 0.25) is 0 Å². The molecular weight excluding hydrogens is 420 g/mol. The Morgan fingerprint density at radius 2 is 1.82 bits per heavy atom. The quantitative estimate of drug-likeness (QED) is 0.476. The minimum Gasteiger partial charge on any atom is -0.353 e. The van der Waals surface area contributed by atoms with Crippen molar-refractivity contribution in [2.24, 2.45) is 0 Å². The minimum atomic E-state index is -0.905. The first kappa shape index (κ1) is 21.1. The molecule has 1 unspecified atom stereocenters. The number of hydrogen-bond donors (Lipinski definition) is 4. The standard InChI is InChI=1S/C24H26N6O3/c31-22(13-20-24(33)28-17-6-2-1-5-16(17)23(32)29-20)25-15-9-11-30(12-10-15)14-21-26-18-7-3-4-8-19(18)27-21/h1-8,15,20H,9-14H2,(H,25,31)(H,26,27)(H,28,33)(H,29,32). The third kappa shape index (κ3) is 4.73. The average Bonchev–Trinajstić information content (AvgIpc) is 3.17. The van der Waals surface area contributed by atoms with Crippen LogP contribution < -0.4 is 16.0 Å². The molecule has 3 heterocycles. The number of piperidine rings is 1. The summed E-state index contributed by atoms with van der Waals surface area (Å²) in [7, 11) is 0. The maximum Gasteiger partial charge on any atom is 0.254 e. The van der Waals surface area contributed by atoms with Crippen molar-refractivity contribution in [3.63, 3.8) is 0 Å². The summed E-state index contributed by atoms with van der Waals surface area (Å²) >= 11 is 0. The number of rotatable bonds is 5. The molecular formula is C24H26N6O3. The number of benzene rings is 2. The topological polar surface area (TPSA) is 119 Å². The van der Waals surface area contributed by atoms with E-state index in [1.54, 1.807) is 24.3 Å². The van der Waals surface area contributed by atoms with E-state index in [0.29, 0.717) is 11.3 Å². The first-order valence-electron chi connectivity index (χ1n) is 11.2. The van der Waals surface area contributed by atoms with Crippen LogP contribution in [0.5, 0.6) is 0 Å². The summed E-state index contributed by atoms with van der Waals surface area (Å²) in [5.74, 6) is -0.0447. The Balaban J connectivity index is 1.11. The Kier molecular flexibility index (Phi) is 5.78. The van der Waals surface area contributed by atoms with Gasteiger partial charge < -0.3 is 20.9 Å². The number of aromatic nitrogens is 2. The summed E-state index contributed by atoms with van der Waals surface area (Å²) in [4.78, 5) is 47.9. The Labute approximate surface area is 190 Å². The monoisotopic (exact) mass is 446 g/mol. The maximum absolute atomic E-state index is 12.6. The third-order valence-corrected chi connectivity index (χ3v) is 6.21. The van der Waals surface area contributed by atoms with Gasteiger partial charge in [0.1, 0.15) is 11.9 Å². The zero-order valence-corrected chi connectivity index (χ0v) is 18.1. The smallest absolute Gasteiger partial charge is 0.254 e. The number of carbonyl (C=O) groups excluding carboxylic acids is 3. The number of imidazole rings is 1. The highest BCUT2D eigenvalue weighted by atomic mass is 16.2. The van der Waals surface area contributed by atoms with Gasteiger partial charge in [0.15, 0.2) is 0 Å². The third-order valence-electron chi connectivity index (χ3n) is 6.21. The SMILES string of the molecule is O=C(CC1NC(=O)c2ccccc2NC1=O)NC1CCN(Cc2nc3ccccc3[nH]2)CC1. The molecule has 1 saturated heterocycles. The maximum atomic E-state index is 12.6. The van der Waals surface area contributed by atoms with Gasteiger partial charge in [0.05, 0.1) is 35.2 Å². The van der Waals surface area contributed by atoms with E-state index in [1.165, 1.54) is 0 Å². The highest BCUT2D eigenvalue weighted by molar-refractivity contribution is 6.10. The number of nitrogens with zero attached hydrogens (tertiary/aromatic N) is 2. The predicted molar refractivity (Wildman–Crippen MR) is 123 cm³/mol. The number of carbonyl (C=O) groups is 3. The van der Waals surface area contributed by atoms with Gasteiger partial charge in [-0.25, -0.2) is 4.98 Å². The van der Waals surface area contributed by atoms with Gasteiger partial charge in [-0.3, -0.25) is 19.3 Å². The number of H-pyrrole nitrogens is 1. The van der Waals surface area contributed by atoms with E-state index in [1.807, 2.05) is 24.3 Å². The van der Waals surface area contributed by atoms with Crippen molar-refractivity contribution in [1.82, 2.24) is 25.5 Å². The fourth-order valence-corrected chi connectivity index (χ4v) is 4.45. The fraction of sp³-hybridized carbons (Fsp3) is 0.333. The van der Waals surface area contributed by atoms with Crippen LogP contribution in [-0.2, 0) is 16.1 Å². The van der Waals surface area contributed by atoms with Gasteiger partial charge in [-0.15, -0.1) is 0 Å². The molecule has 1 fully saturated rings. The molecule has 3 amide bonds. The summed E-state index contributed by atoms with van der Waals surface area (Å²) in [6, 6.07) is 13.9. The molecule has 170 valence electrons. The molecule has 3 aromatic rings. The molecule has 9 nitrogen and oxygen atoms in total. The number of aromatic amines is 1. The van der Waals surface area contributed by atoms with E-state index in [9.17, 15) is 14.4 Å². The first-order valence-corrected chi connectivity index (χ1v) is 11.2. The lowest BCUT2D eigenvalue weighted by Crippen LogP contribution is -2.48. The van der Waals surface area contributed by atoms with Crippen molar-refractivity contribution in [2.45, 2.75) is 37.9 Å². The second-order valence-electron chi connectivity index (χ2n) is 8.58. The van der Waals surface area contributed by atoms with Gasteiger partial charge in [0.2, 0.25) is 11.8 Å². The van der Waals surface area contributed by atoms with Crippen molar-refractivity contribution < 1.29 is 14.4 Å². The van der Waals surface area contributed by atoms with Crippen LogP contribution in [0, 0.1) is 0 Å². The Bertz CT molecular complexity index is 1160. The van der Waals surface area contributed by atoms with E-state index < -0.39 is 6.04 Å². The van der Waals surface area contributed by atoms with Crippen molar-refractivity contribution in [1.29, 1.82) is 0 Å². The molecule has 1 atom stereocenters. The molecule has 0 aliphatic carbocycles. The van der Waals surface area contributed by atoms with Crippen molar-refractivity contribution in [3.8, 4) is 0 Å². The second-order valence-corrected chi connectivity index (χ2v) is 8.58. The number of fused-ring (bicyclic) bond motifs is 2. The molecule has 0 spiro atoms. The zero-order chi connectivity index (χ0) is 22.8. The number of nitrogens with one attached hydrogen (secondary N) is 4. The Hall–Kier alpha value is -3.72. The fourth-order valence-electron chi connectivity index (χ4n) is 4.45. The predicted octanol–water partition coefficient (Wildman–Crippen LogP) is 1.78. The molecule has 1 aromatic heterocycles. The van der Waals surface area contributed by atoms with E-state index in [2.05, 4.69) is 30.8 Å².